The SMILES string of the molecule is COc1ccc2ccccc2c1C(=Nc1cccc(OCc2ccccc2)c1)N1CCNCC1. The second kappa shape index (κ2) is 10.4. The molecular weight excluding hydrogens is 422 g/mol. The average Bonchev–Trinajstić information content (AvgIpc) is 2.91. The summed E-state index contributed by atoms with van der Waals surface area (Å²) in [5.41, 5.74) is 3.02. The van der Waals surface area contributed by atoms with Gasteiger partial charge in [-0.25, -0.2) is 4.99 Å². The molecule has 0 bridgehead atoms. The highest BCUT2D eigenvalue weighted by Gasteiger charge is 2.22. The first-order valence-corrected chi connectivity index (χ1v) is 11.7. The normalized spacial score (nSPS) is 14.3. The smallest absolute Gasteiger partial charge is 0.141 e. The summed E-state index contributed by atoms with van der Waals surface area (Å²) in [6.45, 7) is 4.14. The molecule has 0 spiro atoms. The summed E-state index contributed by atoms with van der Waals surface area (Å²) in [5, 5.41) is 5.75. The lowest BCUT2D eigenvalue weighted by Gasteiger charge is -2.31. The number of piperazine rings is 1. The van der Waals surface area contributed by atoms with Gasteiger partial charge in [-0.15, -0.1) is 0 Å². The Morgan fingerprint density at radius 2 is 1.68 bits per heavy atom. The largest absolute Gasteiger partial charge is 0.496 e. The van der Waals surface area contributed by atoms with E-state index in [0.29, 0.717) is 6.61 Å². The summed E-state index contributed by atoms with van der Waals surface area (Å²) < 4.78 is 11.9. The van der Waals surface area contributed by atoms with E-state index in [2.05, 4.69) is 52.7 Å². The van der Waals surface area contributed by atoms with Gasteiger partial charge in [0.2, 0.25) is 0 Å². The Labute approximate surface area is 200 Å². The maximum absolute atomic E-state index is 6.06. The number of aliphatic imine (C=N–C) groups is 1. The van der Waals surface area contributed by atoms with Crippen LogP contribution in [0, 0.1) is 0 Å². The number of nitrogens with one attached hydrogen (secondary N) is 1. The molecule has 0 aliphatic carbocycles. The third-order valence-electron chi connectivity index (χ3n) is 6.05. The van der Waals surface area contributed by atoms with Crippen molar-refractivity contribution < 1.29 is 9.47 Å². The van der Waals surface area contributed by atoms with Gasteiger partial charge in [0.25, 0.3) is 0 Å². The highest BCUT2D eigenvalue weighted by Crippen LogP contribution is 2.32. The van der Waals surface area contributed by atoms with Crippen LogP contribution in [0.15, 0.2) is 96.0 Å². The molecule has 4 aromatic rings. The molecule has 5 heteroatoms. The standard InChI is InChI=1S/C29H29N3O2/c1-33-27-15-14-23-10-5-6-13-26(23)28(27)29(32-18-16-30-17-19-32)31-24-11-7-12-25(20-24)34-21-22-8-3-2-4-9-22/h2-15,20,30H,16-19,21H2,1H3. The van der Waals surface area contributed by atoms with Gasteiger partial charge in [-0.3, -0.25) is 0 Å². The Bertz CT molecular complexity index is 1280. The van der Waals surface area contributed by atoms with Crippen LogP contribution in [-0.4, -0.2) is 44.0 Å². The molecule has 1 N–H and O–H groups in total. The molecule has 1 heterocycles. The minimum atomic E-state index is 0.524. The van der Waals surface area contributed by atoms with Crippen LogP contribution >= 0.6 is 0 Å². The van der Waals surface area contributed by atoms with E-state index in [4.69, 9.17) is 14.5 Å². The zero-order valence-electron chi connectivity index (χ0n) is 19.4. The van der Waals surface area contributed by atoms with Gasteiger partial charge < -0.3 is 19.7 Å². The van der Waals surface area contributed by atoms with E-state index in [0.717, 1.165) is 65.7 Å². The Morgan fingerprint density at radius 1 is 0.882 bits per heavy atom. The summed E-state index contributed by atoms with van der Waals surface area (Å²) >= 11 is 0. The van der Waals surface area contributed by atoms with Crippen molar-refractivity contribution in [2.24, 2.45) is 4.99 Å². The lowest BCUT2D eigenvalue weighted by Crippen LogP contribution is -2.46. The number of fused-ring (bicyclic) bond motifs is 1. The molecule has 5 nitrogen and oxygen atoms in total. The molecule has 1 aliphatic rings. The van der Waals surface area contributed by atoms with Gasteiger partial charge in [0.15, 0.2) is 0 Å². The molecule has 5 rings (SSSR count). The Balaban J connectivity index is 1.55. The fourth-order valence-corrected chi connectivity index (χ4v) is 4.32. The van der Waals surface area contributed by atoms with E-state index in [-0.39, 0.29) is 0 Å². The Morgan fingerprint density at radius 3 is 2.50 bits per heavy atom. The first-order chi connectivity index (χ1) is 16.8. The molecule has 172 valence electrons. The van der Waals surface area contributed by atoms with E-state index in [1.165, 1.54) is 5.39 Å². The van der Waals surface area contributed by atoms with Crippen molar-refractivity contribution in [2.45, 2.75) is 6.61 Å². The van der Waals surface area contributed by atoms with Crippen molar-refractivity contribution in [1.29, 1.82) is 0 Å². The van der Waals surface area contributed by atoms with Gasteiger partial charge in [0.05, 0.1) is 18.4 Å². The fraction of sp³-hybridized carbons (Fsp3) is 0.207. The molecule has 1 fully saturated rings. The first-order valence-electron chi connectivity index (χ1n) is 11.7. The molecule has 1 aliphatic heterocycles. The minimum absolute atomic E-state index is 0.524. The predicted octanol–water partition coefficient (Wildman–Crippen LogP) is 5.41. The molecule has 1 saturated heterocycles. The minimum Gasteiger partial charge on any atom is -0.496 e. The lowest BCUT2D eigenvalue weighted by molar-refractivity contribution is 0.306. The summed E-state index contributed by atoms with van der Waals surface area (Å²) in [7, 11) is 1.72. The van der Waals surface area contributed by atoms with Crippen LogP contribution in [0.1, 0.15) is 11.1 Å². The number of ether oxygens (including phenoxy) is 2. The second-order valence-electron chi connectivity index (χ2n) is 8.31. The van der Waals surface area contributed by atoms with Crippen LogP contribution in [0.4, 0.5) is 5.69 Å². The van der Waals surface area contributed by atoms with Crippen molar-refractivity contribution in [3.63, 3.8) is 0 Å². The van der Waals surface area contributed by atoms with E-state index in [1.54, 1.807) is 7.11 Å². The quantitative estimate of drug-likeness (QED) is 0.314. The summed E-state index contributed by atoms with van der Waals surface area (Å²) in [4.78, 5) is 7.53. The van der Waals surface area contributed by atoms with E-state index in [1.807, 2.05) is 48.5 Å². The number of methoxy groups -OCH3 is 1. The zero-order chi connectivity index (χ0) is 23.2. The van der Waals surface area contributed by atoms with Gasteiger partial charge in [-0.05, 0) is 34.5 Å². The number of nitrogens with zero attached hydrogens (tertiary/aromatic N) is 2. The molecule has 0 aromatic heterocycles. The predicted molar refractivity (Wildman–Crippen MR) is 138 cm³/mol. The number of hydrogen-bond donors (Lipinski definition) is 1. The maximum atomic E-state index is 6.06. The van der Waals surface area contributed by atoms with Crippen molar-refractivity contribution in [1.82, 2.24) is 10.2 Å². The van der Waals surface area contributed by atoms with Crippen LogP contribution in [0.2, 0.25) is 0 Å². The molecule has 0 radical (unpaired) electrons. The van der Waals surface area contributed by atoms with Gasteiger partial charge in [0.1, 0.15) is 23.9 Å². The van der Waals surface area contributed by atoms with Gasteiger partial charge in [-0.1, -0.05) is 66.7 Å². The number of rotatable bonds is 6. The van der Waals surface area contributed by atoms with Crippen LogP contribution in [-0.2, 0) is 6.61 Å². The monoisotopic (exact) mass is 451 g/mol. The first kappa shape index (κ1) is 22.0. The van der Waals surface area contributed by atoms with Crippen molar-refractivity contribution in [3.8, 4) is 11.5 Å². The summed E-state index contributed by atoms with van der Waals surface area (Å²) in [5.74, 6) is 2.55. The van der Waals surface area contributed by atoms with Gasteiger partial charge >= 0.3 is 0 Å². The second-order valence-corrected chi connectivity index (χ2v) is 8.31. The van der Waals surface area contributed by atoms with Crippen LogP contribution < -0.4 is 14.8 Å². The maximum Gasteiger partial charge on any atom is 0.141 e. The van der Waals surface area contributed by atoms with Gasteiger partial charge in [-0.2, -0.15) is 0 Å². The van der Waals surface area contributed by atoms with Crippen LogP contribution in [0.3, 0.4) is 0 Å². The molecule has 0 saturated carbocycles. The number of amidine groups is 1. The van der Waals surface area contributed by atoms with Crippen molar-refractivity contribution >= 4 is 22.3 Å². The molecule has 34 heavy (non-hydrogen) atoms. The Kier molecular flexibility index (Phi) is 6.73. The fourth-order valence-electron chi connectivity index (χ4n) is 4.32. The molecule has 0 atom stereocenters. The number of hydrogen-bond acceptors (Lipinski definition) is 4. The van der Waals surface area contributed by atoms with Gasteiger partial charge in [0, 0.05) is 32.2 Å². The third kappa shape index (κ3) is 4.90. The third-order valence-corrected chi connectivity index (χ3v) is 6.05. The summed E-state index contributed by atoms with van der Waals surface area (Å²) in [6.07, 6.45) is 0. The Hall–Kier alpha value is -3.83. The topological polar surface area (TPSA) is 46.1 Å². The summed E-state index contributed by atoms with van der Waals surface area (Å²) in [6, 6.07) is 30.7. The highest BCUT2D eigenvalue weighted by atomic mass is 16.5. The van der Waals surface area contributed by atoms with E-state index >= 15 is 0 Å². The zero-order valence-corrected chi connectivity index (χ0v) is 19.4. The van der Waals surface area contributed by atoms with Crippen molar-refractivity contribution in [2.75, 3.05) is 33.3 Å². The molecule has 0 amide bonds. The van der Waals surface area contributed by atoms with E-state index < -0.39 is 0 Å². The van der Waals surface area contributed by atoms with E-state index in [9.17, 15) is 0 Å². The average molecular weight is 452 g/mol. The molecular formula is C29H29N3O2. The number of benzene rings is 4. The lowest BCUT2D eigenvalue weighted by atomic mass is 10.0. The van der Waals surface area contributed by atoms with Crippen LogP contribution in [0.25, 0.3) is 10.8 Å². The molecule has 4 aromatic carbocycles. The van der Waals surface area contributed by atoms with Crippen molar-refractivity contribution in [3.05, 3.63) is 102 Å². The highest BCUT2D eigenvalue weighted by molar-refractivity contribution is 6.13. The van der Waals surface area contributed by atoms with Crippen LogP contribution in [0.5, 0.6) is 11.5 Å². The molecule has 0 unspecified atom stereocenters.